The molecule has 0 radical (unpaired) electrons. The van der Waals surface area contributed by atoms with E-state index in [9.17, 15) is 14.4 Å². The molecule has 0 atom stereocenters. The van der Waals surface area contributed by atoms with Gasteiger partial charge in [-0.3, -0.25) is 14.9 Å². The van der Waals surface area contributed by atoms with E-state index in [0.29, 0.717) is 28.6 Å². The molecule has 5 rings (SSSR count). The molecular formula is C26H21N5O4. The Balaban J connectivity index is 1.50. The van der Waals surface area contributed by atoms with Crippen molar-refractivity contribution in [3.8, 4) is 11.1 Å². The van der Waals surface area contributed by atoms with E-state index >= 15 is 0 Å². The van der Waals surface area contributed by atoms with Crippen LogP contribution in [-0.2, 0) is 11.2 Å². The monoisotopic (exact) mass is 467 g/mol. The minimum atomic E-state index is -0.585. The summed E-state index contributed by atoms with van der Waals surface area (Å²) >= 11 is 0. The average Bonchev–Trinajstić information content (AvgIpc) is 3.27. The average molecular weight is 467 g/mol. The summed E-state index contributed by atoms with van der Waals surface area (Å²) in [5.41, 5.74) is 4.97. The predicted octanol–water partition coefficient (Wildman–Crippen LogP) is 4.44. The van der Waals surface area contributed by atoms with Crippen LogP contribution < -0.4 is 10.9 Å². The Hall–Kier alpha value is -4.79. The number of hydrogen-bond acceptors (Lipinski definition) is 6. The normalized spacial score (nSPS) is 11.0. The molecule has 0 aliphatic heterocycles. The van der Waals surface area contributed by atoms with E-state index in [4.69, 9.17) is 4.74 Å². The standard InChI is InChI=1S/C26H21N5O4/c1-2-35-26(34)29-25-27-21-8-7-17(13-23(21)28-25)18-10-15(9-16(11-18)14-32)12-22-19-5-3-4-6-20(19)24(33)31-30-22/h3-11,13-14H,2,12H2,1H3,(H,31,33)(H2,27,28,29,34). The van der Waals surface area contributed by atoms with Gasteiger partial charge in [0.05, 0.1) is 28.7 Å². The van der Waals surface area contributed by atoms with Crippen molar-refractivity contribution in [2.45, 2.75) is 13.3 Å². The van der Waals surface area contributed by atoms with E-state index in [1.807, 2.05) is 48.5 Å². The summed E-state index contributed by atoms with van der Waals surface area (Å²) in [5, 5.41) is 10.7. The van der Waals surface area contributed by atoms with E-state index in [0.717, 1.165) is 33.9 Å². The zero-order valence-electron chi connectivity index (χ0n) is 18.8. The van der Waals surface area contributed by atoms with Crippen molar-refractivity contribution in [3.05, 3.63) is 87.8 Å². The van der Waals surface area contributed by atoms with E-state index in [2.05, 4.69) is 25.5 Å². The van der Waals surface area contributed by atoms with Crippen LogP contribution >= 0.6 is 0 Å². The first-order valence-corrected chi connectivity index (χ1v) is 11.0. The first kappa shape index (κ1) is 22.0. The van der Waals surface area contributed by atoms with Gasteiger partial charge in [-0.15, -0.1) is 0 Å². The van der Waals surface area contributed by atoms with Gasteiger partial charge < -0.3 is 9.72 Å². The van der Waals surface area contributed by atoms with Gasteiger partial charge in [-0.25, -0.2) is 14.9 Å². The number of aldehydes is 1. The number of fused-ring (bicyclic) bond motifs is 2. The zero-order valence-corrected chi connectivity index (χ0v) is 18.8. The van der Waals surface area contributed by atoms with Crippen molar-refractivity contribution in [2.75, 3.05) is 11.9 Å². The van der Waals surface area contributed by atoms with E-state index in [1.165, 1.54) is 0 Å². The molecule has 0 unspecified atom stereocenters. The summed E-state index contributed by atoms with van der Waals surface area (Å²) < 4.78 is 4.89. The van der Waals surface area contributed by atoms with Crippen molar-refractivity contribution >= 4 is 40.1 Å². The van der Waals surface area contributed by atoms with Gasteiger partial charge in [-0.05, 0) is 53.9 Å². The Morgan fingerprint density at radius 2 is 1.89 bits per heavy atom. The van der Waals surface area contributed by atoms with E-state index in [1.54, 1.807) is 19.1 Å². The highest BCUT2D eigenvalue weighted by atomic mass is 16.5. The molecule has 9 heteroatoms. The summed E-state index contributed by atoms with van der Waals surface area (Å²) in [5.74, 6) is 0.286. The molecule has 5 aromatic rings. The number of rotatable bonds is 6. The van der Waals surface area contributed by atoms with Crippen LogP contribution in [-0.4, -0.2) is 39.2 Å². The van der Waals surface area contributed by atoms with Crippen LogP contribution in [0.4, 0.5) is 10.7 Å². The summed E-state index contributed by atoms with van der Waals surface area (Å²) in [7, 11) is 0. The molecular weight excluding hydrogens is 446 g/mol. The molecule has 9 nitrogen and oxygen atoms in total. The molecule has 0 saturated carbocycles. The molecule has 2 heterocycles. The van der Waals surface area contributed by atoms with Crippen molar-refractivity contribution < 1.29 is 14.3 Å². The number of benzene rings is 3. The number of amides is 1. The van der Waals surface area contributed by atoms with Gasteiger partial charge in [0.2, 0.25) is 5.95 Å². The number of H-pyrrole nitrogens is 2. The highest BCUT2D eigenvalue weighted by Crippen LogP contribution is 2.27. The first-order chi connectivity index (χ1) is 17.0. The number of imidazole rings is 1. The molecule has 0 spiro atoms. The number of carbonyl (C=O) groups is 2. The summed E-state index contributed by atoms with van der Waals surface area (Å²) in [6, 6.07) is 18.6. The Bertz CT molecular complexity index is 1640. The van der Waals surface area contributed by atoms with Gasteiger partial charge in [0.15, 0.2) is 0 Å². The van der Waals surface area contributed by atoms with E-state index < -0.39 is 6.09 Å². The number of nitrogens with one attached hydrogen (secondary N) is 3. The second kappa shape index (κ2) is 9.22. The van der Waals surface area contributed by atoms with Gasteiger partial charge in [0.1, 0.15) is 6.29 Å². The lowest BCUT2D eigenvalue weighted by molar-refractivity contribution is 0.112. The molecule has 0 saturated heterocycles. The number of nitrogens with zero attached hydrogens (tertiary/aromatic N) is 2. The van der Waals surface area contributed by atoms with E-state index in [-0.39, 0.29) is 18.1 Å². The summed E-state index contributed by atoms with van der Waals surface area (Å²) in [6.07, 6.45) is 0.655. The lowest BCUT2D eigenvalue weighted by Gasteiger charge is -2.09. The molecule has 174 valence electrons. The highest BCUT2D eigenvalue weighted by molar-refractivity contribution is 5.89. The lowest BCUT2D eigenvalue weighted by atomic mass is 9.96. The lowest BCUT2D eigenvalue weighted by Crippen LogP contribution is -2.14. The minimum Gasteiger partial charge on any atom is -0.450 e. The number of hydrogen-bond donors (Lipinski definition) is 3. The Kier molecular flexibility index (Phi) is 5.80. The van der Waals surface area contributed by atoms with Crippen LogP contribution in [0.5, 0.6) is 0 Å². The van der Waals surface area contributed by atoms with Gasteiger partial charge in [-0.1, -0.05) is 30.3 Å². The smallest absolute Gasteiger partial charge is 0.413 e. The third-order valence-corrected chi connectivity index (χ3v) is 5.61. The maximum atomic E-state index is 12.1. The molecule has 2 aromatic heterocycles. The van der Waals surface area contributed by atoms with Crippen LogP contribution in [0.25, 0.3) is 32.9 Å². The molecule has 0 fully saturated rings. The van der Waals surface area contributed by atoms with Gasteiger partial charge in [0, 0.05) is 17.4 Å². The van der Waals surface area contributed by atoms with Crippen molar-refractivity contribution in [2.24, 2.45) is 0 Å². The molecule has 0 aliphatic rings. The Morgan fingerprint density at radius 1 is 1.06 bits per heavy atom. The van der Waals surface area contributed by atoms with Crippen LogP contribution in [0.15, 0.2) is 65.5 Å². The maximum absolute atomic E-state index is 12.1. The number of aromatic nitrogens is 4. The summed E-state index contributed by atoms with van der Waals surface area (Å²) in [4.78, 5) is 42.9. The number of aromatic amines is 2. The van der Waals surface area contributed by atoms with Gasteiger partial charge in [0.25, 0.3) is 5.56 Å². The Morgan fingerprint density at radius 3 is 2.69 bits per heavy atom. The van der Waals surface area contributed by atoms with Crippen LogP contribution in [0.2, 0.25) is 0 Å². The SMILES string of the molecule is CCOC(=O)Nc1nc2cc(-c3cc(C=O)cc(Cc4n[nH]c(=O)c5ccccc45)c3)ccc2[nH]1. The maximum Gasteiger partial charge on any atom is 0.413 e. The highest BCUT2D eigenvalue weighted by Gasteiger charge is 2.12. The number of ether oxygens (including phenoxy) is 1. The summed E-state index contributed by atoms with van der Waals surface area (Å²) in [6.45, 7) is 1.98. The number of anilines is 1. The van der Waals surface area contributed by atoms with Crippen LogP contribution in [0, 0.1) is 0 Å². The molecule has 0 aliphatic carbocycles. The molecule has 1 amide bonds. The zero-order chi connectivity index (χ0) is 24.4. The molecule has 3 aromatic carbocycles. The predicted molar refractivity (Wildman–Crippen MR) is 133 cm³/mol. The molecule has 3 N–H and O–H groups in total. The van der Waals surface area contributed by atoms with Crippen molar-refractivity contribution in [3.63, 3.8) is 0 Å². The molecule has 35 heavy (non-hydrogen) atoms. The molecule has 0 bridgehead atoms. The fourth-order valence-corrected chi connectivity index (χ4v) is 4.06. The second-order valence-electron chi connectivity index (χ2n) is 7.97. The van der Waals surface area contributed by atoms with Gasteiger partial charge in [-0.2, -0.15) is 5.10 Å². The fraction of sp³-hybridized carbons (Fsp3) is 0.115. The third kappa shape index (κ3) is 4.51. The Labute approximate surface area is 199 Å². The van der Waals surface area contributed by atoms with Crippen LogP contribution in [0.3, 0.4) is 0 Å². The quantitative estimate of drug-likeness (QED) is 0.317. The number of carbonyl (C=O) groups excluding carboxylic acids is 2. The topological polar surface area (TPSA) is 130 Å². The fourth-order valence-electron chi connectivity index (χ4n) is 4.06. The third-order valence-electron chi connectivity index (χ3n) is 5.61. The van der Waals surface area contributed by atoms with Gasteiger partial charge >= 0.3 is 6.09 Å². The minimum absolute atomic E-state index is 0.240. The van der Waals surface area contributed by atoms with Crippen molar-refractivity contribution in [1.82, 2.24) is 20.2 Å². The van der Waals surface area contributed by atoms with Crippen LogP contribution in [0.1, 0.15) is 28.5 Å². The first-order valence-electron chi connectivity index (χ1n) is 11.0. The largest absolute Gasteiger partial charge is 0.450 e. The second-order valence-corrected chi connectivity index (χ2v) is 7.97. The van der Waals surface area contributed by atoms with Crippen molar-refractivity contribution in [1.29, 1.82) is 0 Å².